The van der Waals surface area contributed by atoms with Gasteiger partial charge < -0.3 is 5.32 Å². The van der Waals surface area contributed by atoms with E-state index in [0.717, 1.165) is 16.8 Å². The first kappa shape index (κ1) is 12.1. The highest BCUT2D eigenvalue weighted by atomic mass is 15.1. The molecule has 0 aliphatic carbocycles. The van der Waals surface area contributed by atoms with Crippen LogP contribution in [0, 0.1) is 25.2 Å². The molecule has 92 valence electrons. The van der Waals surface area contributed by atoms with Crippen LogP contribution in [0.15, 0.2) is 18.5 Å². The number of aromatic amines is 1. The summed E-state index contributed by atoms with van der Waals surface area (Å²) in [6.07, 6.45) is 3.58. The van der Waals surface area contributed by atoms with Crippen molar-refractivity contribution in [3.63, 3.8) is 0 Å². The van der Waals surface area contributed by atoms with Crippen LogP contribution in [0.2, 0.25) is 0 Å². The molecule has 1 atom stereocenters. The number of nitriles is 1. The number of nitrogens with zero attached hydrogens (tertiary/aromatic N) is 3. The average Bonchev–Trinajstić information content (AvgIpc) is 2.81. The standard InChI is InChI=1S/C13H15N5/c1-8-4-9(2)17-13(12(8)5-14)18-10(3)11-6-15-16-7-11/h4,6-7,10H,1-3H3,(H,15,16)(H,17,18). The highest BCUT2D eigenvalue weighted by Gasteiger charge is 2.12. The Kier molecular flexibility index (Phi) is 3.28. The summed E-state index contributed by atoms with van der Waals surface area (Å²) in [6.45, 7) is 5.84. The Balaban J connectivity index is 2.32. The Hall–Kier alpha value is -2.35. The van der Waals surface area contributed by atoms with Crippen LogP contribution in [0.5, 0.6) is 0 Å². The molecule has 5 heteroatoms. The highest BCUT2D eigenvalue weighted by molar-refractivity contribution is 5.57. The van der Waals surface area contributed by atoms with E-state index in [9.17, 15) is 5.26 Å². The van der Waals surface area contributed by atoms with Crippen molar-refractivity contribution in [2.75, 3.05) is 5.32 Å². The van der Waals surface area contributed by atoms with E-state index in [1.165, 1.54) is 0 Å². The monoisotopic (exact) mass is 241 g/mol. The molecule has 0 aliphatic heterocycles. The first-order valence-electron chi connectivity index (χ1n) is 5.75. The number of H-pyrrole nitrogens is 1. The maximum absolute atomic E-state index is 9.19. The van der Waals surface area contributed by atoms with Crippen molar-refractivity contribution in [3.8, 4) is 6.07 Å². The predicted molar refractivity (Wildman–Crippen MR) is 69.1 cm³/mol. The summed E-state index contributed by atoms with van der Waals surface area (Å²) in [5.74, 6) is 0.628. The van der Waals surface area contributed by atoms with E-state index >= 15 is 0 Å². The molecule has 0 spiro atoms. The van der Waals surface area contributed by atoms with Crippen molar-refractivity contribution in [2.24, 2.45) is 0 Å². The van der Waals surface area contributed by atoms with Crippen LogP contribution in [-0.4, -0.2) is 15.2 Å². The molecular weight excluding hydrogens is 226 g/mol. The van der Waals surface area contributed by atoms with Crippen LogP contribution < -0.4 is 5.32 Å². The fourth-order valence-corrected chi connectivity index (χ4v) is 1.87. The number of hydrogen-bond donors (Lipinski definition) is 2. The first-order valence-corrected chi connectivity index (χ1v) is 5.75. The predicted octanol–water partition coefficient (Wildman–Crippen LogP) is 2.47. The fraction of sp³-hybridized carbons (Fsp3) is 0.308. The lowest BCUT2D eigenvalue weighted by atomic mass is 10.1. The Morgan fingerprint density at radius 1 is 1.44 bits per heavy atom. The summed E-state index contributed by atoms with van der Waals surface area (Å²) < 4.78 is 0. The largest absolute Gasteiger partial charge is 0.362 e. The Bertz CT molecular complexity index is 580. The number of pyridine rings is 1. The maximum atomic E-state index is 9.19. The van der Waals surface area contributed by atoms with Gasteiger partial charge in [0, 0.05) is 17.5 Å². The zero-order valence-electron chi connectivity index (χ0n) is 10.7. The Morgan fingerprint density at radius 3 is 2.83 bits per heavy atom. The van der Waals surface area contributed by atoms with Crippen LogP contribution in [0.25, 0.3) is 0 Å². The van der Waals surface area contributed by atoms with E-state index in [1.807, 2.05) is 33.0 Å². The molecule has 2 heterocycles. The van der Waals surface area contributed by atoms with Crippen molar-refractivity contribution in [2.45, 2.75) is 26.8 Å². The number of rotatable bonds is 3. The zero-order valence-corrected chi connectivity index (χ0v) is 10.7. The third-order valence-electron chi connectivity index (χ3n) is 2.83. The SMILES string of the molecule is Cc1cc(C)c(C#N)c(NC(C)c2cn[nH]c2)n1. The van der Waals surface area contributed by atoms with Crippen molar-refractivity contribution >= 4 is 5.82 Å². The number of anilines is 1. The van der Waals surface area contributed by atoms with Gasteiger partial charge in [-0.15, -0.1) is 0 Å². The topological polar surface area (TPSA) is 77.4 Å². The van der Waals surface area contributed by atoms with Crippen LogP contribution in [0.3, 0.4) is 0 Å². The molecule has 2 rings (SSSR count). The number of aryl methyl sites for hydroxylation is 2. The van der Waals surface area contributed by atoms with Gasteiger partial charge in [-0.2, -0.15) is 10.4 Å². The smallest absolute Gasteiger partial charge is 0.144 e. The summed E-state index contributed by atoms with van der Waals surface area (Å²) in [5, 5.41) is 19.1. The van der Waals surface area contributed by atoms with Gasteiger partial charge in [-0.3, -0.25) is 5.10 Å². The number of nitrogens with one attached hydrogen (secondary N) is 2. The summed E-state index contributed by atoms with van der Waals surface area (Å²) in [6, 6.07) is 4.15. The molecule has 0 aromatic carbocycles. The Morgan fingerprint density at radius 2 is 2.22 bits per heavy atom. The zero-order chi connectivity index (χ0) is 13.1. The normalized spacial score (nSPS) is 11.9. The van der Waals surface area contributed by atoms with Gasteiger partial charge in [0.25, 0.3) is 0 Å². The summed E-state index contributed by atoms with van der Waals surface area (Å²) in [4.78, 5) is 4.39. The minimum atomic E-state index is 0.0459. The van der Waals surface area contributed by atoms with Gasteiger partial charge in [0.05, 0.1) is 17.8 Å². The minimum Gasteiger partial charge on any atom is -0.362 e. The fourth-order valence-electron chi connectivity index (χ4n) is 1.87. The third-order valence-corrected chi connectivity index (χ3v) is 2.83. The summed E-state index contributed by atoms with van der Waals surface area (Å²) in [5.41, 5.74) is 3.45. The van der Waals surface area contributed by atoms with E-state index in [4.69, 9.17) is 0 Å². The second-order valence-corrected chi connectivity index (χ2v) is 4.31. The number of aromatic nitrogens is 3. The molecule has 18 heavy (non-hydrogen) atoms. The van der Waals surface area contributed by atoms with Crippen molar-refractivity contribution in [1.29, 1.82) is 5.26 Å². The Labute approximate surface area is 106 Å². The molecule has 0 radical (unpaired) electrons. The maximum Gasteiger partial charge on any atom is 0.144 e. The van der Waals surface area contributed by atoms with E-state index in [2.05, 4.69) is 26.6 Å². The van der Waals surface area contributed by atoms with E-state index in [0.29, 0.717) is 11.4 Å². The van der Waals surface area contributed by atoms with Crippen molar-refractivity contribution in [1.82, 2.24) is 15.2 Å². The van der Waals surface area contributed by atoms with E-state index < -0.39 is 0 Å². The molecular formula is C13H15N5. The van der Waals surface area contributed by atoms with Gasteiger partial charge in [0.2, 0.25) is 0 Å². The quantitative estimate of drug-likeness (QED) is 0.865. The summed E-state index contributed by atoms with van der Waals surface area (Å²) >= 11 is 0. The highest BCUT2D eigenvalue weighted by Crippen LogP contribution is 2.22. The average molecular weight is 241 g/mol. The molecule has 2 aromatic heterocycles. The number of hydrogen-bond acceptors (Lipinski definition) is 4. The molecule has 0 saturated carbocycles. The van der Waals surface area contributed by atoms with Crippen LogP contribution in [0.4, 0.5) is 5.82 Å². The van der Waals surface area contributed by atoms with Gasteiger partial charge in [-0.05, 0) is 32.4 Å². The van der Waals surface area contributed by atoms with E-state index in [1.54, 1.807) is 6.20 Å². The molecule has 2 aromatic rings. The molecule has 0 bridgehead atoms. The lowest BCUT2D eigenvalue weighted by molar-refractivity contribution is 0.871. The molecule has 0 aliphatic rings. The van der Waals surface area contributed by atoms with Crippen molar-refractivity contribution < 1.29 is 0 Å². The second-order valence-electron chi connectivity index (χ2n) is 4.31. The second kappa shape index (κ2) is 4.88. The van der Waals surface area contributed by atoms with Crippen LogP contribution in [0.1, 0.15) is 35.3 Å². The summed E-state index contributed by atoms with van der Waals surface area (Å²) in [7, 11) is 0. The van der Waals surface area contributed by atoms with E-state index in [-0.39, 0.29) is 6.04 Å². The van der Waals surface area contributed by atoms with Gasteiger partial charge in [0.1, 0.15) is 11.9 Å². The molecule has 0 amide bonds. The molecule has 0 fully saturated rings. The van der Waals surface area contributed by atoms with Crippen LogP contribution >= 0.6 is 0 Å². The molecule has 2 N–H and O–H groups in total. The lowest BCUT2D eigenvalue weighted by Crippen LogP contribution is -2.10. The van der Waals surface area contributed by atoms with Gasteiger partial charge >= 0.3 is 0 Å². The van der Waals surface area contributed by atoms with Gasteiger partial charge in [-0.1, -0.05) is 0 Å². The minimum absolute atomic E-state index is 0.0459. The lowest BCUT2D eigenvalue weighted by Gasteiger charge is -2.15. The molecule has 1 unspecified atom stereocenters. The van der Waals surface area contributed by atoms with Gasteiger partial charge in [0.15, 0.2) is 0 Å². The molecule has 5 nitrogen and oxygen atoms in total. The van der Waals surface area contributed by atoms with Crippen LogP contribution in [-0.2, 0) is 0 Å². The van der Waals surface area contributed by atoms with Crippen molar-refractivity contribution in [3.05, 3.63) is 40.8 Å². The molecule has 0 saturated heterocycles. The third kappa shape index (κ3) is 2.33. The van der Waals surface area contributed by atoms with Gasteiger partial charge in [-0.25, -0.2) is 4.98 Å². The first-order chi connectivity index (χ1) is 8.61.